The Balaban J connectivity index is 1.53. The van der Waals surface area contributed by atoms with Crippen LogP contribution in [0.1, 0.15) is 22.0 Å². The largest absolute Gasteiger partial charge is 0.507 e. The first kappa shape index (κ1) is 20.7. The molecule has 160 valence electrons. The van der Waals surface area contributed by atoms with Gasteiger partial charge in [0.05, 0.1) is 11.6 Å². The molecule has 1 fully saturated rings. The van der Waals surface area contributed by atoms with Crippen molar-refractivity contribution in [3.8, 4) is 0 Å². The summed E-state index contributed by atoms with van der Waals surface area (Å²) < 4.78 is 0.864. The number of aliphatic hydroxyl groups excluding tert-OH is 1. The number of nitrogens with one attached hydrogen (secondary N) is 1. The molecule has 7 heteroatoms. The lowest BCUT2D eigenvalue weighted by Crippen LogP contribution is -2.31. The van der Waals surface area contributed by atoms with Crippen LogP contribution in [-0.4, -0.2) is 33.2 Å². The summed E-state index contributed by atoms with van der Waals surface area (Å²) in [5, 5.41) is 14.1. The number of carbonyl (C=O) groups is 2. The number of likely N-dealkylation sites (tertiary alicyclic amines) is 1. The van der Waals surface area contributed by atoms with Gasteiger partial charge in [0.25, 0.3) is 11.7 Å². The van der Waals surface area contributed by atoms with E-state index >= 15 is 0 Å². The fraction of sp³-hybridized carbons (Fsp3) is 0.120. The summed E-state index contributed by atoms with van der Waals surface area (Å²) in [6.45, 7) is 0.367. The van der Waals surface area contributed by atoms with Crippen LogP contribution in [0.3, 0.4) is 0 Å². The van der Waals surface area contributed by atoms with E-state index in [4.69, 9.17) is 0 Å². The summed E-state index contributed by atoms with van der Waals surface area (Å²) in [6, 6.07) is 18.2. The number of ketones is 1. The number of amides is 1. The molecule has 32 heavy (non-hydrogen) atoms. The number of hydrogen-bond donors (Lipinski definition) is 2. The Labute approximate surface area is 197 Å². The number of aromatic nitrogens is 1. The summed E-state index contributed by atoms with van der Waals surface area (Å²) >= 11 is 4.85. The zero-order valence-corrected chi connectivity index (χ0v) is 19.3. The Kier molecular flexibility index (Phi) is 5.45. The monoisotopic (exact) mass is 506 g/mol. The maximum Gasteiger partial charge on any atom is 0.295 e. The molecule has 1 atom stereocenters. The average Bonchev–Trinajstić information content (AvgIpc) is 3.52. The highest BCUT2D eigenvalue weighted by Crippen LogP contribution is 2.41. The normalized spacial score (nSPS) is 18.0. The zero-order valence-electron chi connectivity index (χ0n) is 16.9. The molecular formula is C25H19BrN2O3S. The molecule has 0 aliphatic carbocycles. The molecule has 0 saturated carbocycles. The maximum atomic E-state index is 13.1. The predicted octanol–water partition coefficient (Wildman–Crippen LogP) is 5.66. The van der Waals surface area contributed by atoms with Crippen LogP contribution in [0.4, 0.5) is 0 Å². The summed E-state index contributed by atoms with van der Waals surface area (Å²) in [5.74, 6) is -1.38. The molecule has 3 heterocycles. The second kappa shape index (κ2) is 8.41. The number of fused-ring (bicyclic) bond motifs is 1. The summed E-state index contributed by atoms with van der Waals surface area (Å²) in [4.78, 5) is 31.8. The van der Waals surface area contributed by atoms with Crippen molar-refractivity contribution in [2.75, 3.05) is 6.54 Å². The number of H-pyrrole nitrogens is 1. The van der Waals surface area contributed by atoms with E-state index in [0.29, 0.717) is 18.5 Å². The Bertz CT molecular complexity index is 1340. The first-order chi connectivity index (χ1) is 15.5. The SMILES string of the molecule is O=C1C(=O)N(CCc2c[nH]c3ccccc23)[C@@H](c2cccs2)C1=C(O)c1ccc(Br)cc1. The highest BCUT2D eigenvalue weighted by atomic mass is 79.9. The Morgan fingerprint density at radius 1 is 1.06 bits per heavy atom. The van der Waals surface area contributed by atoms with E-state index in [2.05, 4.69) is 20.9 Å². The quantitative estimate of drug-likeness (QED) is 0.208. The van der Waals surface area contributed by atoms with E-state index in [-0.39, 0.29) is 11.3 Å². The van der Waals surface area contributed by atoms with Gasteiger partial charge in [0.2, 0.25) is 0 Å². The van der Waals surface area contributed by atoms with Gasteiger partial charge in [-0.3, -0.25) is 9.59 Å². The molecule has 1 aliphatic rings. The third-order valence-electron chi connectivity index (χ3n) is 5.77. The Morgan fingerprint density at radius 3 is 2.59 bits per heavy atom. The van der Waals surface area contributed by atoms with Crippen LogP contribution in [0.5, 0.6) is 0 Å². The van der Waals surface area contributed by atoms with Gasteiger partial charge in [0, 0.05) is 38.6 Å². The van der Waals surface area contributed by atoms with E-state index in [1.54, 1.807) is 29.2 Å². The molecule has 0 radical (unpaired) electrons. The molecule has 0 spiro atoms. The second-order valence-electron chi connectivity index (χ2n) is 7.62. The molecule has 1 aliphatic heterocycles. The standard InChI is InChI=1S/C25H19BrN2O3S/c26-17-9-7-15(8-10-17)23(29)21-22(20-6-3-13-32-20)28(25(31)24(21)30)12-11-16-14-27-19-5-2-1-4-18(16)19/h1-10,13-14,22,27,29H,11-12H2/t22-/m0/s1. The van der Waals surface area contributed by atoms with Crippen molar-refractivity contribution in [3.05, 3.63) is 98.3 Å². The number of nitrogens with zero attached hydrogens (tertiary/aromatic N) is 1. The molecular weight excluding hydrogens is 488 g/mol. The number of benzene rings is 2. The minimum absolute atomic E-state index is 0.138. The van der Waals surface area contributed by atoms with Crippen molar-refractivity contribution >= 4 is 55.6 Å². The number of carbonyl (C=O) groups excluding carboxylic acids is 2. The fourth-order valence-corrected chi connectivity index (χ4v) is 5.31. The maximum absolute atomic E-state index is 13.1. The summed E-state index contributed by atoms with van der Waals surface area (Å²) in [7, 11) is 0. The number of hydrogen-bond acceptors (Lipinski definition) is 4. The highest BCUT2D eigenvalue weighted by Gasteiger charge is 2.46. The fourth-order valence-electron chi connectivity index (χ4n) is 4.20. The van der Waals surface area contributed by atoms with Crippen LogP contribution in [0.15, 0.2) is 82.3 Å². The van der Waals surface area contributed by atoms with E-state index in [9.17, 15) is 14.7 Å². The van der Waals surface area contributed by atoms with E-state index in [1.807, 2.05) is 48.0 Å². The second-order valence-corrected chi connectivity index (χ2v) is 9.52. The van der Waals surface area contributed by atoms with Crippen LogP contribution in [0.2, 0.25) is 0 Å². The van der Waals surface area contributed by atoms with Crippen LogP contribution in [-0.2, 0) is 16.0 Å². The average molecular weight is 507 g/mol. The molecule has 2 aromatic heterocycles. The molecule has 0 bridgehead atoms. The molecule has 2 aromatic carbocycles. The van der Waals surface area contributed by atoms with Gasteiger partial charge < -0.3 is 15.0 Å². The van der Waals surface area contributed by atoms with E-state index in [0.717, 1.165) is 25.8 Å². The zero-order chi connectivity index (χ0) is 22.2. The third-order valence-corrected chi connectivity index (χ3v) is 7.22. The minimum Gasteiger partial charge on any atom is -0.507 e. The predicted molar refractivity (Wildman–Crippen MR) is 129 cm³/mol. The molecule has 5 rings (SSSR count). The van der Waals surface area contributed by atoms with E-state index in [1.165, 1.54) is 11.3 Å². The summed E-state index contributed by atoms with van der Waals surface area (Å²) in [5.41, 5.74) is 2.76. The van der Waals surface area contributed by atoms with Crippen molar-refractivity contribution in [1.82, 2.24) is 9.88 Å². The van der Waals surface area contributed by atoms with Crippen LogP contribution in [0.25, 0.3) is 16.7 Å². The van der Waals surface area contributed by atoms with Crippen molar-refractivity contribution in [3.63, 3.8) is 0 Å². The van der Waals surface area contributed by atoms with E-state index < -0.39 is 17.7 Å². The Morgan fingerprint density at radius 2 is 1.84 bits per heavy atom. The first-order valence-electron chi connectivity index (χ1n) is 10.2. The van der Waals surface area contributed by atoms with Gasteiger partial charge in [-0.2, -0.15) is 0 Å². The van der Waals surface area contributed by atoms with Gasteiger partial charge in [0.15, 0.2) is 0 Å². The van der Waals surface area contributed by atoms with Crippen molar-refractivity contribution in [2.24, 2.45) is 0 Å². The van der Waals surface area contributed by atoms with Gasteiger partial charge in [-0.25, -0.2) is 0 Å². The number of aliphatic hydroxyl groups is 1. The van der Waals surface area contributed by atoms with Crippen molar-refractivity contribution in [2.45, 2.75) is 12.5 Å². The molecule has 0 unspecified atom stereocenters. The lowest BCUT2D eigenvalue weighted by atomic mass is 10.00. The van der Waals surface area contributed by atoms with Crippen molar-refractivity contribution in [1.29, 1.82) is 0 Å². The molecule has 4 aromatic rings. The van der Waals surface area contributed by atoms with Gasteiger partial charge in [0.1, 0.15) is 5.76 Å². The lowest BCUT2D eigenvalue weighted by Gasteiger charge is -2.24. The number of aromatic amines is 1. The first-order valence-corrected chi connectivity index (χ1v) is 11.8. The molecule has 1 saturated heterocycles. The van der Waals surface area contributed by atoms with Gasteiger partial charge in [-0.05, 0) is 41.6 Å². The number of thiophene rings is 1. The molecule has 2 N–H and O–H groups in total. The molecule has 5 nitrogen and oxygen atoms in total. The third kappa shape index (κ3) is 3.57. The van der Waals surface area contributed by atoms with Crippen LogP contribution >= 0.6 is 27.3 Å². The van der Waals surface area contributed by atoms with Gasteiger partial charge >= 0.3 is 0 Å². The van der Waals surface area contributed by atoms with Crippen LogP contribution < -0.4 is 0 Å². The van der Waals surface area contributed by atoms with Crippen molar-refractivity contribution < 1.29 is 14.7 Å². The highest BCUT2D eigenvalue weighted by molar-refractivity contribution is 9.10. The number of halogens is 1. The summed E-state index contributed by atoms with van der Waals surface area (Å²) in [6.07, 6.45) is 2.54. The van der Waals surface area contributed by atoms with Crippen LogP contribution in [0, 0.1) is 0 Å². The number of para-hydroxylation sites is 1. The number of Topliss-reactive ketones (excluding diaryl/α,β-unsaturated/α-hetero) is 1. The topological polar surface area (TPSA) is 73.4 Å². The van der Waals surface area contributed by atoms with Gasteiger partial charge in [-0.1, -0.05) is 52.3 Å². The van der Waals surface area contributed by atoms with Gasteiger partial charge in [-0.15, -0.1) is 11.3 Å². The smallest absolute Gasteiger partial charge is 0.295 e. The lowest BCUT2D eigenvalue weighted by molar-refractivity contribution is -0.139. The minimum atomic E-state index is -0.650. The Hall–Kier alpha value is -3.16. The molecule has 1 amide bonds. The number of rotatable bonds is 5.